The van der Waals surface area contributed by atoms with E-state index in [1.165, 1.54) is 0 Å². The Kier molecular flexibility index (Phi) is 5.17. The highest BCUT2D eigenvalue weighted by Crippen LogP contribution is 2.35. The van der Waals surface area contributed by atoms with Crippen molar-refractivity contribution < 1.29 is 4.74 Å². The molecule has 0 N–H and O–H groups in total. The Morgan fingerprint density at radius 1 is 1.25 bits per heavy atom. The predicted molar refractivity (Wildman–Crippen MR) is 80.4 cm³/mol. The number of morpholine rings is 1. The summed E-state index contributed by atoms with van der Waals surface area (Å²) in [4.78, 5) is 2.40. The number of nitriles is 1. The van der Waals surface area contributed by atoms with Gasteiger partial charge in [-0.2, -0.15) is 5.26 Å². The summed E-state index contributed by atoms with van der Waals surface area (Å²) in [7, 11) is 0. The highest BCUT2D eigenvalue weighted by Gasteiger charge is 2.36. The lowest BCUT2D eigenvalue weighted by atomic mass is 9.70. The second-order valence-electron chi connectivity index (χ2n) is 5.81. The highest BCUT2D eigenvalue weighted by atomic mass is 16.5. The van der Waals surface area contributed by atoms with Gasteiger partial charge in [-0.05, 0) is 17.9 Å². The van der Waals surface area contributed by atoms with Crippen molar-refractivity contribution in [3.63, 3.8) is 0 Å². The number of ether oxygens (including phenoxy) is 1. The van der Waals surface area contributed by atoms with E-state index in [9.17, 15) is 5.26 Å². The van der Waals surface area contributed by atoms with Crippen molar-refractivity contribution >= 4 is 0 Å². The van der Waals surface area contributed by atoms with Gasteiger partial charge in [-0.15, -0.1) is 0 Å². The minimum Gasteiger partial charge on any atom is -0.379 e. The van der Waals surface area contributed by atoms with E-state index in [2.05, 4.69) is 36.9 Å². The lowest BCUT2D eigenvalue weighted by Crippen LogP contribution is -2.41. The van der Waals surface area contributed by atoms with Crippen molar-refractivity contribution in [1.29, 1.82) is 5.26 Å². The van der Waals surface area contributed by atoms with Crippen LogP contribution in [0, 0.1) is 17.2 Å². The zero-order valence-corrected chi connectivity index (χ0v) is 12.5. The maximum absolute atomic E-state index is 9.84. The molecule has 0 saturated carbocycles. The molecule has 1 fully saturated rings. The molecule has 3 nitrogen and oxygen atoms in total. The van der Waals surface area contributed by atoms with E-state index in [1.807, 2.05) is 18.2 Å². The molecule has 0 aromatic heterocycles. The first-order valence-corrected chi connectivity index (χ1v) is 7.46. The van der Waals surface area contributed by atoms with E-state index in [0.717, 1.165) is 44.8 Å². The summed E-state index contributed by atoms with van der Waals surface area (Å²) in [5.74, 6) is 0.302. The average Bonchev–Trinajstić information content (AvgIpc) is 2.50. The van der Waals surface area contributed by atoms with Crippen LogP contribution >= 0.6 is 0 Å². The Bertz CT molecular complexity index is 446. The van der Waals surface area contributed by atoms with Crippen molar-refractivity contribution in [1.82, 2.24) is 4.90 Å². The van der Waals surface area contributed by atoms with Crippen molar-refractivity contribution in [3.8, 4) is 6.07 Å². The van der Waals surface area contributed by atoms with Crippen molar-refractivity contribution in [2.75, 3.05) is 32.8 Å². The minimum atomic E-state index is -0.389. The number of rotatable bonds is 5. The summed E-state index contributed by atoms with van der Waals surface area (Å²) >= 11 is 0. The van der Waals surface area contributed by atoms with Crippen LogP contribution in [0.3, 0.4) is 0 Å². The van der Waals surface area contributed by atoms with Crippen LogP contribution in [0.15, 0.2) is 30.3 Å². The third kappa shape index (κ3) is 3.20. The Labute approximate surface area is 122 Å². The Hall–Kier alpha value is -1.37. The van der Waals surface area contributed by atoms with Crippen LogP contribution in [0.25, 0.3) is 0 Å². The molecule has 1 heterocycles. The maximum Gasteiger partial charge on any atom is 0.0857 e. The van der Waals surface area contributed by atoms with Gasteiger partial charge in [0.25, 0.3) is 0 Å². The smallest absolute Gasteiger partial charge is 0.0857 e. The molecule has 0 unspecified atom stereocenters. The third-order valence-corrected chi connectivity index (χ3v) is 4.40. The van der Waals surface area contributed by atoms with Gasteiger partial charge in [0.2, 0.25) is 0 Å². The Morgan fingerprint density at radius 3 is 2.45 bits per heavy atom. The van der Waals surface area contributed by atoms with Gasteiger partial charge in [-0.3, -0.25) is 4.90 Å². The van der Waals surface area contributed by atoms with Crippen LogP contribution < -0.4 is 0 Å². The molecule has 0 radical (unpaired) electrons. The fourth-order valence-electron chi connectivity index (χ4n) is 2.91. The predicted octanol–water partition coefficient (Wildman–Crippen LogP) is 2.83. The zero-order chi connectivity index (χ0) is 14.4. The third-order valence-electron chi connectivity index (χ3n) is 4.40. The monoisotopic (exact) mass is 272 g/mol. The first-order valence-electron chi connectivity index (χ1n) is 7.46. The van der Waals surface area contributed by atoms with E-state index >= 15 is 0 Å². The molecule has 0 amide bonds. The standard InChI is InChI=1S/C17H24N2O/c1-15(2)17(14-18,16-6-4-3-5-7-16)8-9-19-10-12-20-13-11-19/h3-7,15H,8-13H2,1-2H3/t17-/m1/s1. The Balaban J connectivity index is 2.13. The summed E-state index contributed by atoms with van der Waals surface area (Å²) in [6, 6.07) is 12.8. The topological polar surface area (TPSA) is 36.3 Å². The molecule has 1 aliphatic heterocycles. The van der Waals surface area contributed by atoms with Crippen LogP contribution in [-0.4, -0.2) is 37.7 Å². The van der Waals surface area contributed by atoms with Crippen LogP contribution in [-0.2, 0) is 10.2 Å². The molecule has 1 aromatic carbocycles. The number of hydrogen-bond acceptors (Lipinski definition) is 3. The van der Waals surface area contributed by atoms with E-state index in [1.54, 1.807) is 0 Å². The second kappa shape index (κ2) is 6.88. The van der Waals surface area contributed by atoms with Gasteiger partial charge in [-0.1, -0.05) is 44.2 Å². The molecule has 1 saturated heterocycles. The van der Waals surface area contributed by atoms with Gasteiger partial charge in [0.15, 0.2) is 0 Å². The number of nitrogens with zero attached hydrogens (tertiary/aromatic N) is 2. The van der Waals surface area contributed by atoms with E-state index in [4.69, 9.17) is 4.74 Å². The van der Waals surface area contributed by atoms with Gasteiger partial charge in [-0.25, -0.2) is 0 Å². The molecule has 0 bridgehead atoms. The van der Waals surface area contributed by atoms with Gasteiger partial charge in [0, 0.05) is 19.6 Å². The molecule has 1 aromatic rings. The molecule has 1 atom stereocenters. The first-order chi connectivity index (χ1) is 9.69. The second-order valence-corrected chi connectivity index (χ2v) is 5.81. The summed E-state index contributed by atoms with van der Waals surface area (Å²) in [6.45, 7) is 8.84. The first kappa shape index (κ1) is 15.0. The SMILES string of the molecule is CC(C)[C@](C#N)(CCN1CCOCC1)c1ccccc1. The lowest BCUT2D eigenvalue weighted by molar-refractivity contribution is 0.0345. The number of benzene rings is 1. The molecular weight excluding hydrogens is 248 g/mol. The van der Waals surface area contributed by atoms with Gasteiger partial charge in [0.05, 0.1) is 24.7 Å². The number of hydrogen-bond donors (Lipinski definition) is 0. The molecular formula is C17H24N2O. The van der Waals surface area contributed by atoms with E-state index < -0.39 is 0 Å². The van der Waals surface area contributed by atoms with Crippen molar-refractivity contribution in [3.05, 3.63) is 35.9 Å². The summed E-state index contributed by atoms with van der Waals surface area (Å²) in [5, 5.41) is 9.84. The van der Waals surface area contributed by atoms with Crippen LogP contribution in [0.5, 0.6) is 0 Å². The fourth-order valence-corrected chi connectivity index (χ4v) is 2.91. The van der Waals surface area contributed by atoms with E-state index in [0.29, 0.717) is 5.92 Å². The minimum absolute atomic E-state index is 0.302. The normalized spacial score (nSPS) is 19.5. The molecule has 0 aliphatic carbocycles. The van der Waals surface area contributed by atoms with Crippen LogP contribution in [0.2, 0.25) is 0 Å². The van der Waals surface area contributed by atoms with Crippen LogP contribution in [0.4, 0.5) is 0 Å². The van der Waals surface area contributed by atoms with Gasteiger partial charge < -0.3 is 4.74 Å². The molecule has 0 spiro atoms. The van der Waals surface area contributed by atoms with E-state index in [-0.39, 0.29) is 5.41 Å². The molecule has 1 aliphatic rings. The van der Waals surface area contributed by atoms with Crippen molar-refractivity contribution in [2.45, 2.75) is 25.7 Å². The summed E-state index contributed by atoms with van der Waals surface area (Å²) in [5.41, 5.74) is 0.755. The molecule has 2 rings (SSSR count). The lowest BCUT2D eigenvalue weighted by Gasteiger charge is -2.35. The van der Waals surface area contributed by atoms with Crippen molar-refractivity contribution in [2.24, 2.45) is 5.92 Å². The summed E-state index contributed by atoms with van der Waals surface area (Å²) in [6.07, 6.45) is 0.880. The molecule has 3 heteroatoms. The molecule has 20 heavy (non-hydrogen) atoms. The molecule has 108 valence electrons. The largest absolute Gasteiger partial charge is 0.379 e. The van der Waals surface area contributed by atoms with Crippen LogP contribution in [0.1, 0.15) is 25.8 Å². The maximum atomic E-state index is 9.84. The highest BCUT2D eigenvalue weighted by molar-refractivity contribution is 5.33. The Morgan fingerprint density at radius 2 is 1.90 bits per heavy atom. The quantitative estimate of drug-likeness (QED) is 0.827. The fraction of sp³-hybridized carbons (Fsp3) is 0.588. The van der Waals surface area contributed by atoms with Gasteiger partial charge >= 0.3 is 0 Å². The van der Waals surface area contributed by atoms with Gasteiger partial charge in [0.1, 0.15) is 0 Å². The average molecular weight is 272 g/mol. The summed E-state index contributed by atoms with van der Waals surface area (Å²) < 4.78 is 5.38. The zero-order valence-electron chi connectivity index (χ0n) is 12.5.